The Balaban J connectivity index is 0.804. The third-order valence-corrected chi connectivity index (χ3v) is 18.7. The molecule has 4 N–H and O–H groups in total. The minimum Gasteiger partial charge on any atom is -0.478 e. The predicted molar refractivity (Wildman–Crippen MR) is 301 cm³/mol. The number of methoxy groups -OCH3 is 1. The van der Waals surface area contributed by atoms with Crippen molar-refractivity contribution in [1.29, 1.82) is 0 Å². The van der Waals surface area contributed by atoms with Crippen molar-refractivity contribution in [2.45, 2.75) is 107 Å². The van der Waals surface area contributed by atoms with Crippen molar-refractivity contribution < 1.29 is 41.8 Å². The molecule has 1 spiro atoms. The van der Waals surface area contributed by atoms with E-state index in [1.54, 1.807) is 19.1 Å². The number of aromatic amines is 1. The van der Waals surface area contributed by atoms with Gasteiger partial charge in [-0.15, -0.1) is 0 Å². The number of H-pyrrole nitrogens is 1. The molecular weight excluding hydrogens is 1050 g/mol. The van der Waals surface area contributed by atoms with E-state index in [9.17, 15) is 32.8 Å². The van der Waals surface area contributed by atoms with Crippen molar-refractivity contribution in [3.05, 3.63) is 117 Å². The van der Waals surface area contributed by atoms with E-state index in [2.05, 4.69) is 101 Å². The number of nitrogens with one attached hydrogen (secondary N) is 3. The van der Waals surface area contributed by atoms with Crippen molar-refractivity contribution in [2.24, 2.45) is 11.3 Å². The zero-order valence-corrected chi connectivity index (χ0v) is 46.7. The summed E-state index contributed by atoms with van der Waals surface area (Å²) in [4.78, 5) is 50.8. The molecule has 4 aromatic heterocycles. The lowest BCUT2D eigenvalue weighted by Crippen LogP contribution is -2.60. The highest BCUT2D eigenvalue weighted by atomic mass is 32.2. The van der Waals surface area contributed by atoms with Crippen LogP contribution in [0.1, 0.15) is 111 Å². The second kappa shape index (κ2) is 22.1. The first-order valence-corrected chi connectivity index (χ1v) is 29.2. The molecule has 2 aliphatic carbocycles. The number of aliphatic hydroxyl groups is 1. The van der Waals surface area contributed by atoms with E-state index < -0.39 is 42.9 Å². The molecule has 22 heteroatoms. The summed E-state index contributed by atoms with van der Waals surface area (Å²) in [6, 6.07) is 18.8. The maximum atomic E-state index is 15.0. The van der Waals surface area contributed by atoms with Gasteiger partial charge in [0, 0.05) is 101 Å². The van der Waals surface area contributed by atoms with Gasteiger partial charge in [-0.3, -0.25) is 24.7 Å². The average Bonchev–Trinajstić information content (AvgIpc) is 3.80. The number of hydrogen-bond donors (Lipinski definition) is 4. The number of anilines is 3. The van der Waals surface area contributed by atoms with Crippen molar-refractivity contribution >= 4 is 49.8 Å². The Morgan fingerprint density at radius 1 is 1.01 bits per heavy atom. The fourth-order valence-corrected chi connectivity index (χ4v) is 13.7. The summed E-state index contributed by atoms with van der Waals surface area (Å²) < 4.78 is 62.8. The van der Waals surface area contributed by atoms with Crippen LogP contribution in [0.3, 0.4) is 0 Å². The molecule has 1 atom stereocenters. The Kier molecular flexibility index (Phi) is 15.1. The van der Waals surface area contributed by atoms with Gasteiger partial charge in [-0.2, -0.15) is 4.98 Å². The number of benzene rings is 2. The Labute approximate surface area is 465 Å². The molecule has 4 fully saturated rings. The number of likely N-dealkylation sites (N-methyl/N-ethyl adjacent to an activating group) is 1. The molecule has 0 unspecified atom stereocenters. The number of pyridine rings is 3. The number of piperidine rings is 1. The number of piperazine rings is 1. The first-order chi connectivity index (χ1) is 38.4. The number of amides is 1. The van der Waals surface area contributed by atoms with E-state index in [1.807, 2.05) is 6.20 Å². The van der Waals surface area contributed by atoms with Crippen LogP contribution in [0.5, 0.6) is 23.3 Å². The summed E-state index contributed by atoms with van der Waals surface area (Å²) in [6.45, 7) is 13.2. The summed E-state index contributed by atoms with van der Waals surface area (Å²) in [5, 5.41) is 25.7. The Morgan fingerprint density at radius 2 is 1.79 bits per heavy atom. The van der Waals surface area contributed by atoms with Crippen LogP contribution in [0.25, 0.3) is 11.0 Å². The Hall–Kier alpha value is -7.14. The van der Waals surface area contributed by atoms with Crippen molar-refractivity contribution in [3.8, 4) is 23.3 Å². The van der Waals surface area contributed by atoms with Gasteiger partial charge in [-0.25, -0.2) is 27.5 Å². The molecule has 2 aromatic carbocycles. The van der Waals surface area contributed by atoms with Crippen LogP contribution < -0.4 is 34.0 Å². The SMILES string of the molecule is COc1nc2[nH]cc(F)c2cc1Oc1cc(N2CCC3(CC2)CC(N2CCN(Cc4ccnc5c4N(C)CCO5)C[C@H]2c2ccccc2C(C)C)C3)ccc1C(=O)NS(=O)(=O)c1cnc(NCC2CCC(C)(O)CC2)c([N+](=O)[O-])c1. The van der Waals surface area contributed by atoms with Crippen LogP contribution in [-0.2, 0) is 16.6 Å². The van der Waals surface area contributed by atoms with Crippen molar-refractivity contribution in [1.82, 2.24) is 34.5 Å². The number of sulfonamides is 1. The quantitative estimate of drug-likeness (QED) is 0.0523. The first kappa shape index (κ1) is 54.8. The highest BCUT2D eigenvalue weighted by Gasteiger charge is 2.50. The normalized spacial score (nSPS) is 21.7. The van der Waals surface area contributed by atoms with E-state index >= 15 is 0 Å². The number of carbonyl (C=O) groups is 1. The van der Waals surface area contributed by atoms with Gasteiger partial charge in [0.15, 0.2) is 5.75 Å². The lowest BCUT2D eigenvalue weighted by atomic mass is 9.59. The third-order valence-electron chi connectivity index (χ3n) is 17.4. The van der Waals surface area contributed by atoms with Crippen LogP contribution in [0.2, 0.25) is 0 Å². The first-order valence-electron chi connectivity index (χ1n) is 27.7. The second-order valence-electron chi connectivity index (χ2n) is 23.1. The molecule has 424 valence electrons. The van der Waals surface area contributed by atoms with E-state index in [4.69, 9.17) is 14.2 Å². The number of ether oxygens (including phenoxy) is 3. The highest BCUT2D eigenvalue weighted by Crippen LogP contribution is 2.54. The minimum atomic E-state index is -4.75. The summed E-state index contributed by atoms with van der Waals surface area (Å²) >= 11 is 0. The molecule has 0 radical (unpaired) electrons. The third kappa shape index (κ3) is 11.2. The maximum Gasteiger partial charge on any atom is 0.312 e. The topological polar surface area (TPSA) is 234 Å². The minimum absolute atomic E-state index is 0.0165. The lowest BCUT2D eigenvalue weighted by molar-refractivity contribution is -0.384. The molecule has 0 bridgehead atoms. The molecule has 7 heterocycles. The average molecular weight is 1120 g/mol. The second-order valence-corrected chi connectivity index (χ2v) is 24.8. The number of fused-ring (bicyclic) bond motifs is 2. The fraction of sp³-hybridized carbons (Fsp3) is 0.483. The van der Waals surface area contributed by atoms with Crippen LogP contribution in [0, 0.1) is 27.3 Å². The van der Waals surface area contributed by atoms with Gasteiger partial charge in [-0.1, -0.05) is 38.1 Å². The summed E-state index contributed by atoms with van der Waals surface area (Å²) in [5.41, 5.74) is 4.64. The molecule has 1 amide bonds. The monoisotopic (exact) mass is 1120 g/mol. The number of aromatic nitrogens is 4. The number of rotatable bonds is 16. The zero-order chi connectivity index (χ0) is 56.1. The van der Waals surface area contributed by atoms with Gasteiger partial charge in [0.05, 0.1) is 41.3 Å². The lowest BCUT2D eigenvalue weighted by Gasteiger charge is -2.58. The van der Waals surface area contributed by atoms with Crippen molar-refractivity contribution in [3.63, 3.8) is 0 Å². The molecule has 3 aliphatic heterocycles. The number of nitrogens with zero attached hydrogens (tertiary/aromatic N) is 8. The molecule has 80 heavy (non-hydrogen) atoms. The molecule has 20 nitrogen and oxygen atoms in total. The van der Waals surface area contributed by atoms with Crippen molar-refractivity contribution in [2.75, 3.05) is 81.7 Å². The number of nitro groups is 1. The van der Waals surface area contributed by atoms with Gasteiger partial charge >= 0.3 is 5.69 Å². The smallest absolute Gasteiger partial charge is 0.312 e. The highest BCUT2D eigenvalue weighted by molar-refractivity contribution is 7.90. The number of halogens is 1. The molecule has 6 aromatic rings. The van der Waals surface area contributed by atoms with E-state index in [0.717, 1.165) is 101 Å². The van der Waals surface area contributed by atoms with Gasteiger partial charge in [0.2, 0.25) is 11.7 Å². The van der Waals surface area contributed by atoms with Gasteiger partial charge in [-0.05, 0) is 110 Å². The molecule has 5 aliphatic rings. The summed E-state index contributed by atoms with van der Waals surface area (Å²) in [5.74, 6) is -0.686. The molecule has 2 saturated carbocycles. The number of carbonyl (C=O) groups excluding carboxylic acids is 1. The van der Waals surface area contributed by atoms with E-state index in [0.29, 0.717) is 56.7 Å². The van der Waals surface area contributed by atoms with Gasteiger partial charge < -0.3 is 39.4 Å². The van der Waals surface area contributed by atoms with Gasteiger partial charge in [0.25, 0.3) is 21.8 Å². The van der Waals surface area contributed by atoms with Crippen LogP contribution in [-0.4, -0.2) is 132 Å². The summed E-state index contributed by atoms with van der Waals surface area (Å²) in [7, 11) is -1.27. The number of hydrogen-bond acceptors (Lipinski definition) is 17. The van der Waals surface area contributed by atoms with Crippen LogP contribution in [0.15, 0.2) is 84.1 Å². The molecule has 2 saturated heterocycles. The van der Waals surface area contributed by atoms with Crippen LogP contribution in [0.4, 0.5) is 27.3 Å². The molecular formula is C58H70FN11O9S. The summed E-state index contributed by atoms with van der Waals surface area (Å²) in [6.07, 6.45) is 10.6. The Bertz CT molecular complexity index is 3410. The van der Waals surface area contributed by atoms with E-state index in [-0.39, 0.29) is 57.2 Å². The maximum absolute atomic E-state index is 15.0. The fourth-order valence-electron chi connectivity index (χ4n) is 12.8. The zero-order valence-electron chi connectivity index (χ0n) is 45.9. The molecule has 11 rings (SSSR count). The predicted octanol–water partition coefficient (Wildman–Crippen LogP) is 8.93. The standard InChI is InChI=1S/C58H70FN11O9S/c1-36(2)42-8-6-7-9-43(42)48-35-67(34-38-14-19-60-56-51(38)66(4)24-25-78-56)22-23-69(48)40-29-58(30-40)17-20-68(21-18-58)39-10-11-44(49(26-39)79-50-28-45-46(59)33-63-52(45)64-55(50)77-5)54(71)65-80(75,76)41-27-47(70(73)74)53(62-32-41)61-31-37-12-15-57(3,72)16-13-37/h6-11,14,19,26-28,32-33,36-37,40,48,72H,12-13,15-18,20-25,29-31,34-35H2,1-5H3,(H,61,62)(H,63,64)(H,65,71)/t37?,48-,57?/m0/s1. The largest absolute Gasteiger partial charge is 0.478 e. The Morgan fingerprint density at radius 3 is 2.54 bits per heavy atom. The van der Waals surface area contributed by atoms with Gasteiger partial charge in [0.1, 0.15) is 34.4 Å². The van der Waals surface area contributed by atoms with E-state index in [1.165, 1.54) is 35.9 Å². The van der Waals surface area contributed by atoms with Crippen LogP contribution >= 0.6 is 0 Å².